The quantitative estimate of drug-likeness (QED) is 0.760. The Bertz CT molecular complexity index is 464. The van der Waals surface area contributed by atoms with E-state index in [-0.39, 0.29) is 11.7 Å². The Hall–Kier alpha value is -1.46. The van der Waals surface area contributed by atoms with E-state index in [1.165, 1.54) is 12.1 Å². The first kappa shape index (κ1) is 14.0. The van der Waals surface area contributed by atoms with Crippen LogP contribution in [-0.2, 0) is 6.54 Å². The topological polar surface area (TPSA) is 69.6 Å². The van der Waals surface area contributed by atoms with Crippen molar-refractivity contribution in [3.05, 3.63) is 35.1 Å². The molecule has 1 aliphatic rings. The second-order valence-electron chi connectivity index (χ2n) is 5.08. The Kier molecular flexibility index (Phi) is 4.50. The lowest BCUT2D eigenvalue weighted by atomic mass is 10.1. The van der Waals surface area contributed by atoms with Crippen LogP contribution in [0.4, 0.5) is 4.39 Å². The number of halogens is 1. The largest absolute Gasteiger partial charge is 0.478 e. The third-order valence-electron chi connectivity index (χ3n) is 3.54. The van der Waals surface area contributed by atoms with Gasteiger partial charge < -0.3 is 15.5 Å². The number of carboxylic acid groups (broad SMARTS) is 1. The Morgan fingerprint density at radius 1 is 1.42 bits per heavy atom. The van der Waals surface area contributed by atoms with Gasteiger partial charge in [-0.2, -0.15) is 0 Å². The maximum absolute atomic E-state index is 13.4. The molecule has 104 valence electrons. The Morgan fingerprint density at radius 3 is 2.79 bits per heavy atom. The van der Waals surface area contributed by atoms with Gasteiger partial charge in [0.25, 0.3) is 0 Å². The molecule has 0 amide bonds. The highest BCUT2D eigenvalue weighted by atomic mass is 19.1. The van der Waals surface area contributed by atoms with Crippen LogP contribution in [0.15, 0.2) is 18.2 Å². The Labute approximate surface area is 111 Å². The smallest absolute Gasteiger partial charge is 0.338 e. The van der Waals surface area contributed by atoms with Crippen molar-refractivity contribution >= 4 is 5.97 Å². The molecule has 0 spiro atoms. The predicted octanol–water partition coefficient (Wildman–Crippen LogP) is 1.77. The fraction of sp³-hybridized carbons (Fsp3) is 0.500. The number of rotatable bonds is 5. The van der Waals surface area contributed by atoms with Gasteiger partial charge in [0, 0.05) is 6.54 Å². The minimum Gasteiger partial charge on any atom is -0.478 e. The first-order chi connectivity index (χ1) is 9.06. The summed E-state index contributed by atoms with van der Waals surface area (Å²) in [5.41, 5.74) is 0.420. The fourth-order valence-corrected chi connectivity index (χ4v) is 2.50. The number of hydrogen-bond donors (Lipinski definition) is 3. The molecule has 2 rings (SSSR count). The van der Waals surface area contributed by atoms with E-state index in [0.717, 1.165) is 31.4 Å². The number of aliphatic hydroxyl groups excluding tert-OH is 1. The SMILES string of the molecule is O=C(O)c1ccc(CNCC2CCC(O)C2)cc1F. The zero-order valence-electron chi connectivity index (χ0n) is 10.6. The van der Waals surface area contributed by atoms with Crippen LogP contribution in [0.2, 0.25) is 0 Å². The third-order valence-corrected chi connectivity index (χ3v) is 3.54. The summed E-state index contributed by atoms with van der Waals surface area (Å²) in [6.45, 7) is 1.29. The molecule has 3 N–H and O–H groups in total. The van der Waals surface area contributed by atoms with Gasteiger partial charge in [-0.1, -0.05) is 6.07 Å². The average molecular weight is 267 g/mol. The van der Waals surface area contributed by atoms with Gasteiger partial charge in [0.05, 0.1) is 11.7 Å². The first-order valence-electron chi connectivity index (χ1n) is 6.46. The molecule has 1 fully saturated rings. The highest BCUT2D eigenvalue weighted by molar-refractivity contribution is 5.87. The maximum Gasteiger partial charge on any atom is 0.338 e. The summed E-state index contributed by atoms with van der Waals surface area (Å²) in [4.78, 5) is 10.7. The van der Waals surface area contributed by atoms with Crippen LogP contribution in [0.25, 0.3) is 0 Å². The van der Waals surface area contributed by atoms with Gasteiger partial charge in [0.2, 0.25) is 0 Å². The summed E-state index contributed by atoms with van der Waals surface area (Å²) in [5.74, 6) is -1.49. The van der Waals surface area contributed by atoms with Gasteiger partial charge in [0.1, 0.15) is 5.82 Å². The molecule has 5 heteroatoms. The number of hydrogen-bond acceptors (Lipinski definition) is 3. The van der Waals surface area contributed by atoms with Gasteiger partial charge in [-0.05, 0) is 49.4 Å². The van der Waals surface area contributed by atoms with E-state index in [2.05, 4.69) is 5.32 Å². The number of aliphatic hydroxyl groups is 1. The molecule has 1 aliphatic carbocycles. The van der Waals surface area contributed by atoms with Crippen molar-refractivity contribution in [2.45, 2.75) is 31.9 Å². The Morgan fingerprint density at radius 2 is 2.21 bits per heavy atom. The molecule has 1 aromatic carbocycles. The zero-order chi connectivity index (χ0) is 13.8. The molecular formula is C14H18FNO3. The maximum atomic E-state index is 13.4. The molecule has 2 unspecified atom stereocenters. The van der Waals surface area contributed by atoms with Crippen LogP contribution >= 0.6 is 0 Å². The van der Waals surface area contributed by atoms with Crippen molar-refractivity contribution in [2.24, 2.45) is 5.92 Å². The molecular weight excluding hydrogens is 249 g/mol. The van der Waals surface area contributed by atoms with Crippen molar-refractivity contribution in [3.63, 3.8) is 0 Å². The van der Waals surface area contributed by atoms with E-state index in [1.54, 1.807) is 6.07 Å². The predicted molar refractivity (Wildman–Crippen MR) is 68.4 cm³/mol. The van der Waals surface area contributed by atoms with E-state index in [4.69, 9.17) is 5.11 Å². The van der Waals surface area contributed by atoms with E-state index in [0.29, 0.717) is 12.5 Å². The van der Waals surface area contributed by atoms with Gasteiger partial charge in [-0.3, -0.25) is 0 Å². The van der Waals surface area contributed by atoms with Gasteiger partial charge in [0.15, 0.2) is 0 Å². The van der Waals surface area contributed by atoms with Gasteiger partial charge in [-0.25, -0.2) is 9.18 Å². The molecule has 19 heavy (non-hydrogen) atoms. The fourth-order valence-electron chi connectivity index (χ4n) is 2.50. The lowest BCUT2D eigenvalue weighted by molar-refractivity contribution is 0.0692. The van der Waals surface area contributed by atoms with Crippen molar-refractivity contribution in [1.82, 2.24) is 5.32 Å². The molecule has 1 aromatic rings. The lowest BCUT2D eigenvalue weighted by Gasteiger charge is -2.11. The van der Waals surface area contributed by atoms with Crippen molar-refractivity contribution in [2.75, 3.05) is 6.54 Å². The third kappa shape index (κ3) is 3.75. The van der Waals surface area contributed by atoms with E-state index in [9.17, 15) is 14.3 Å². The number of carbonyl (C=O) groups is 1. The Balaban J connectivity index is 1.83. The van der Waals surface area contributed by atoms with Crippen LogP contribution in [0, 0.1) is 11.7 Å². The summed E-state index contributed by atoms with van der Waals surface area (Å²) in [6, 6.07) is 4.15. The summed E-state index contributed by atoms with van der Waals surface area (Å²) < 4.78 is 13.4. The lowest BCUT2D eigenvalue weighted by Crippen LogP contribution is -2.21. The summed E-state index contributed by atoms with van der Waals surface area (Å²) >= 11 is 0. The molecule has 0 saturated heterocycles. The van der Waals surface area contributed by atoms with Crippen molar-refractivity contribution in [1.29, 1.82) is 0 Å². The number of nitrogens with one attached hydrogen (secondary N) is 1. The summed E-state index contributed by atoms with van der Waals surface area (Å²) in [7, 11) is 0. The second-order valence-corrected chi connectivity index (χ2v) is 5.08. The molecule has 0 radical (unpaired) electrons. The first-order valence-corrected chi connectivity index (χ1v) is 6.46. The highest BCUT2D eigenvalue weighted by Crippen LogP contribution is 2.24. The van der Waals surface area contributed by atoms with E-state index < -0.39 is 11.8 Å². The van der Waals surface area contributed by atoms with Crippen molar-refractivity contribution in [3.8, 4) is 0 Å². The molecule has 2 atom stereocenters. The zero-order valence-corrected chi connectivity index (χ0v) is 10.6. The minimum atomic E-state index is -1.25. The van der Waals surface area contributed by atoms with Crippen LogP contribution in [0.5, 0.6) is 0 Å². The van der Waals surface area contributed by atoms with Crippen LogP contribution in [0.1, 0.15) is 35.2 Å². The van der Waals surface area contributed by atoms with Crippen LogP contribution in [0.3, 0.4) is 0 Å². The summed E-state index contributed by atoms with van der Waals surface area (Å²) in [5, 5.41) is 21.3. The molecule has 4 nitrogen and oxygen atoms in total. The molecule has 0 aromatic heterocycles. The second kappa shape index (κ2) is 6.12. The minimum absolute atomic E-state index is 0.181. The van der Waals surface area contributed by atoms with E-state index in [1.807, 2.05) is 0 Å². The van der Waals surface area contributed by atoms with Crippen molar-refractivity contribution < 1.29 is 19.4 Å². The van der Waals surface area contributed by atoms with E-state index >= 15 is 0 Å². The number of aromatic carboxylic acids is 1. The summed E-state index contributed by atoms with van der Waals surface area (Å²) in [6.07, 6.45) is 2.51. The number of benzene rings is 1. The van der Waals surface area contributed by atoms with Crippen LogP contribution in [-0.4, -0.2) is 28.8 Å². The van der Waals surface area contributed by atoms with Gasteiger partial charge >= 0.3 is 5.97 Å². The average Bonchev–Trinajstić information content (AvgIpc) is 2.75. The highest BCUT2D eigenvalue weighted by Gasteiger charge is 2.22. The molecule has 0 aliphatic heterocycles. The van der Waals surface area contributed by atoms with Crippen LogP contribution < -0.4 is 5.32 Å². The normalized spacial score (nSPS) is 22.6. The standard InChI is InChI=1S/C14H18FNO3/c15-13-6-10(2-4-12(13)14(18)19)8-16-7-9-1-3-11(17)5-9/h2,4,6,9,11,16-17H,1,3,5,7-8H2,(H,18,19). The number of carboxylic acids is 1. The monoisotopic (exact) mass is 267 g/mol. The van der Waals surface area contributed by atoms with Gasteiger partial charge in [-0.15, -0.1) is 0 Å². The molecule has 0 bridgehead atoms. The molecule has 0 heterocycles. The molecule has 1 saturated carbocycles.